The molecule has 9 heteroatoms. The second kappa shape index (κ2) is 19.4. The summed E-state index contributed by atoms with van der Waals surface area (Å²) in [5.41, 5.74) is 0.749. The zero-order valence-corrected chi connectivity index (χ0v) is 20.9. The normalized spacial score (nSPS) is 10.5. The van der Waals surface area contributed by atoms with Gasteiger partial charge in [0.15, 0.2) is 0 Å². The van der Waals surface area contributed by atoms with E-state index in [1.54, 1.807) is 31.4 Å². The average Bonchev–Trinajstić information content (AvgIpc) is 2.87. The number of rotatable bonds is 19. The van der Waals surface area contributed by atoms with Crippen molar-refractivity contribution < 1.29 is 42.9 Å². The highest BCUT2D eigenvalue weighted by atomic mass is 16.5. The van der Waals surface area contributed by atoms with Crippen molar-refractivity contribution in [3.63, 3.8) is 0 Å². The maximum Gasteiger partial charge on any atom is 0.338 e. The van der Waals surface area contributed by atoms with Crippen molar-refractivity contribution in [3.8, 4) is 0 Å². The second-order valence-corrected chi connectivity index (χ2v) is 7.97. The number of hydrogen-bond donors (Lipinski definition) is 0. The van der Waals surface area contributed by atoms with Crippen LogP contribution < -0.4 is 0 Å². The van der Waals surface area contributed by atoms with E-state index in [-0.39, 0.29) is 25.0 Å². The maximum atomic E-state index is 12.1. The third kappa shape index (κ3) is 14.8. The molecule has 0 saturated carbocycles. The van der Waals surface area contributed by atoms with Crippen LogP contribution in [-0.4, -0.2) is 64.5 Å². The lowest BCUT2D eigenvalue weighted by molar-refractivity contribution is -0.145. The summed E-state index contributed by atoms with van der Waals surface area (Å²) >= 11 is 0. The summed E-state index contributed by atoms with van der Waals surface area (Å²) in [5, 5.41) is 0. The van der Waals surface area contributed by atoms with Crippen LogP contribution in [0.2, 0.25) is 0 Å². The summed E-state index contributed by atoms with van der Waals surface area (Å²) in [5.74, 6) is -1.44. The predicted molar refractivity (Wildman–Crippen MR) is 128 cm³/mol. The molecule has 196 valence electrons. The summed E-state index contributed by atoms with van der Waals surface area (Å²) in [6.45, 7) is 1.62. The topological polar surface area (TPSA) is 114 Å². The minimum atomic E-state index is -0.457. The van der Waals surface area contributed by atoms with Gasteiger partial charge in [0.2, 0.25) is 0 Å². The van der Waals surface area contributed by atoms with E-state index in [0.29, 0.717) is 63.1 Å². The molecule has 0 unspecified atom stereocenters. The minimum absolute atomic E-state index is 0.257. The first-order valence-corrected chi connectivity index (χ1v) is 12.1. The largest absolute Gasteiger partial charge is 0.469 e. The van der Waals surface area contributed by atoms with Gasteiger partial charge < -0.3 is 23.7 Å². The highest BCUT2D eigenvalue weighted by Crippen LogP contribution is 2.09. The zero-order valence-electron chi connectivity index (χ0n) is 20.9. The van der Waals surface area contributed by atoms with E-state index in [9.17, 15) is 19.2 Å². The lowest BCUT2D eigenvalue weighted by Gasteiger charge is -2.07. The van der Waals surface area contributed by atoms with Gasteiger partial charge >= 0.3 is 23.9 Å². The summed E-state index contributed by atoms with van der Waals surface area (Å²) in [7, 11) is 2.99. The van der Waals surface area contributed by atoms with Gasteiger partial charge in [0.05, 0.1) is 38.1 Å². The summed E-state index contributed by atoms with van der Waals surface area (Å²) in [4.78, 5) is 46.8. The lowest BCUT2D eigenvalue weighted by atomic mass is 10.1. The van der Waals surface area contributed by atoms with Gasteiger partial charge in [-0.1, -0.05) is 0 Å². The molecule has 0 radical (unpaired) electrons. The van der Waals surface area contributed by atoms with Gasteiger partial charge in [0.1, 0.15) is 0 Å². The molecule has 0 heterocycles. The molecule has 0 amide bonds. The molecule has 35 heavy (non-hydrogen) atoms. The smallest absolute Gasteiger partial charge is 0.338 e. The molecule has 0 N–H and O–H groups in total. The highest BCUT2D eigenvalue weighted by molar-refractivity contribution is 5.93. The fraction of sp³-hybridized carbons (Fsp3) is 0.615. The SMILES string of the molecule is COCCCCCOC(=O)c1ccc(C(=O)OCCCCCOC(=O)CCCCC(=O)OC)cc1. The molecule has 0 aliphatic rings. The molecule has 1 aromatic rings. The first kappa shape index (κ1) is 30.1. The van der Waals surface area contributed by atoms with Crippen LogP contribution in [0.4, 0.5) is 0 Å². The number of esters is 4. The fourth-order valence-corrected chi connectivity index (χ4v) is 3.04. The monoisotopic (exact) mass is 494 g/mol. The Hall–Kier alpha value is -2.94. The molecule has 0 fully saturated rings. The molecule has 1 rings (SSSR count). The highest BCUT2D eigenvalue weighted by Gasteiger charge is 2.11. The third-order valence-corrected chi connectivity index (χ3v) is 5.11. The lowest BCUT2D eigenvalue weighted by Crippen LogP contribution is -2.09. The Kier molecular flexibility index (Phi) is 16.7. The molecule has 0 aliphatic heterocycles. The van der Waals surface area contributed by atoms with Gasteiger partial charge in [-0.15, -0.1) is 0 Å². The zero-order chi connectivity index (χ0) is 25.7. The molecule has 0 aliphatic carbocycles. The minimum Gasteiger partial charge on any atom is -0.469 e. The van der Waals surface area contributed by atoms with Crippen LogP contribution in [0.5, 0.6) is 0 Å². The summed E-state index contributed by atoms with van der Waals surface area (Å²) < 4.78 is 25.1. The van der Waals surface area contributed by atoms with E-state index in [1.165, 1.54) is 7.11 Å². The van der Waals surface area contributed by atoms with Crippen molar-refractivity contribution in [1.82, 2.24) is 0 Å². The van der Waals surface area contributed by atoms with Crippen molar-refractivity contribution in [2.75, 3.05) is 40.6 Å². The van der Waals surface area contributed by atoms with Crippen LogP contribution in [0, 0.1) is 0 Å². The van der Waals surface area contributed by atoms with Crippen molar-refractivity contribution in [1.29, 1.82) is 0 Å². The van der Waals surface area contributed by atoms with Gasteiger partial charge in [0, 0.05) is 26.6 Å². The summed E-state index contributed by atoms with van der Waals surface area (Å²) in [6.07, 6.45) is 6.47. The van der Waals surface area contributed by atoms with Crippen LogP contribution in [-0.2, 0) is 33.3 Å². The first-order valence-electron chi connectivity index (χ1n) is 12.1. The molecule has 0 aromatic heterocycles. The Balaban J connectivity index is 2.10. The van der Waals surface area contributed by atoms with E-state index in [2.05, 4.69) is 4.74 Å². The fourth-order valence-electron chi connectivity index (χ4n) is 3.04. The van der Waals surface area contributed by atoms with Gasteiger partial charge in [-0.2, -0.15) is 0 Å². The van der Waals surface area contributed by atoms with Gasteiger partial charge in [0.25, 0.3) is 0 Å². The molecular weight excluding hydrogens is 456 g/mol. The summed E-state index contributed by atoms with van der Waals surface area (Å²) in [6, 6.07) is 6.19. The van der Waals surface area contributed by atoms with Crippen LogP contribution in [0.25, 0.3) is 0 Å². The van der Waals surface area contributed by atoms with Crippen molar-refractivity contribution in [2.45, 2.75) is 64.2 Å². The number of unbranched alkanes of at least 4 members (excludes halogenated alkanes) is 5. The Morgan fingerprint density at radius 2 is 0.971 bits per heavy atom. The van der Waals surface area contributed by atoms with Crippen LogP contribution in [0.3, 0.4) is 0 Å². The molecule has 0 spiro atoms. The van der Waals surface area contributed by atoms with E-state index in [4.69, 9.17) is 18.9 Å². The number of methoxy groups -OCH3 is 2. The van der Waals surface area contributed by atoms with Crippen LogP contribution >= 0.6 is 0 Å². The predicted octanol–water partition coefficient (Wildman–Crippen LogP) is 4.26. The van der Waals surface area contributed by atoms with Crippen LogP contribution in [0.1, 0.15) is 84.9 Å². The van der Waals surface area contributed by atoms with E-state index < -0.39 is 11.9 Å². The molecule has 9 nitrogen and oxygen atoms in total. The molecule has 1 aromatic carbocycles. The molecular formula is C26H38O9. The number of hydrogen-bond acceptors (Lipinski definition) is 9. The Bertz CT molecular complexity index is 759. The number of carbonyl (C=O) groups is 4. The quantitative estimate of drug-likeness (QED) is 0.158. The molecule has 0 atom stereocenters. The number of ether oxygens (including phenoxy) is 5. The van der Waals surface area contributed by atoms with Gasteiger partial charge in [-0.25, -0.2) is 9.59 Å². The standard InChI is InChI=1S/C26H38O9/c1-31-17-7-3-9-19-34-25(29)21-13-15-22(16-14-21)26(30)35-20-10-4-8-18-33-24(28)12-6-5-11-23(27)32-2/h13-16H,3-12,17-20H2,1-2H3. The van der Waals surface area contributed by atoms with E-state index in [1.807, 2.05) is 0 Å². The van der Waals surface area contributed by atoms with Crippen molar-refractivity contribution >= 4 is 23.9 Å². The average molecular weight is 495 g/mol. The molecule has 0 bridgehead atoms. The molecule has 0 saturated heterocycles. The van der Waals surface area contributed by atoms with Crippen molar-refractivity contribution in [2.24, 2.45) is 0 Å². The van der Waals surface area contributed by atoms with Gasteiger partial charge in [-0.05, 0) is 75.6 Å². The Morgan fingerprint density at radius 1 is 0.543 bits per heavy atom. The Labute approximate surface area is 207 Å². The van der Waals surface area contributed by atoms with Gasteiger partial charge in [-0.3, -0.25) is 9.59 Å². The van der Waals surface area contributed by atoms with Crippen LogP contribution in [0.15, 0.2) is 24.3 Å². The van der Waals surface area contributed by atoms with Crippen molar-refractivity contribution in [3.05, 3.63) is 35.4 Å². The van der Waals surface area contributed by atoms with E-state index >= 15 is 0 Å². The number of carbonyl (C=O) groups excluding carboxylic acids is 4. The van der Waals surface area contributed by atoms with E-state index in [0.717, 1.165) is 25.7 Å². The maximum absolute atomic E-state index is 12.1. The second-order valence-electron chi connectivity index (χ2n) is 7.97. The number of benzene rings is 1. The Morgan fingerprint density at radius 3 is 1.43 bits per heavy atom. The first-order chi connectivity index (χ1) is 17.0. The third-order valence-electron chi connectivity index (χ3n) is 5.11.